The van der Waals surface area contributed by atoms with E-state index < -0.39 is 16.1 Å². The van der Waals surface area contributed by atoms with E-state index in [1.165, 1.54) is 32.9 Å². The topological polar surface area (TPSA) is 60.9 Å². The van der Waals surface area contributed by atoms with Gasteiger partial charge in [0, 0.05) is 55.1 Å². The van der Waals surface area contributed by atoms with E-state index in [9.17, 15) is 17.6 Å². The first kappa shape index (κ1) is 27.6. The Morgan fingerprint density at radius 1 is 1.11 bits per heavy atom. The highest BCUT2D eigenvalue weighted by molar-refractivity contribution is 7.89. The second kappa shape index (κ2) is 11.2. The average molecular weight is 597 g/mol. The summed E-state index contributed by atoms with van der Waals surface area (Å²) >= 11 is 13.9. The fourth-order valence-corrected chi connectivity index (χ4v) is 8.66. The van der Waals surface area contributed by atoms with Crippen molar-refractivity contribution in [1.82, 2.24) is 14.1 Å². The molecule has 11 heteroatoms. The van der Waals surface area contributed by atoms with Gasteiger partial charge in [-0.05, 0) is 66.2 Å². The monoisotopic (exact) mass is 595 g/mol. The highest BCUT2D eigenvalue weighted by Crippen LogP contribution is 2.38. The van der Waals surface area contributed by atoms with Gasteiger partial charge in [-0.3, -0.25) is 9.69 Å². The average Bonchev–Trinajstić information content (AvgIpc) is 3.37. The quantitative estimate of drug-likeness (QED) is 0.380. The number of benzene rings is 2. The summed E-state index contributed by atoms with van der Waals surface area (Å²) in [6, 6.07) is 12.6. The molecular weight excluding hydrogens is 568 g/mol. The molecule has 0 unspecified atom stereocenters. The number of piperazine rings is 1. The molecule has 3 heterocycles. The molecule has 2 aliphatic heterocycles. The number of halogens is 3. The number of hydrogen-bond acceptors (Lipinski definition) is 5. The molecular formula is C27H28Cl2FN3O3S2. The summed E-state index contributed by atoms with van der Waals surface area (Å²) in [5.74, 6) is -0.300. The van der Waals surface area contributed by atoms with Crippen LogP contribution in [0.2, 0.25) is 10.0 Å². The Bertz CT molecular complexity index is 1450. The third kappa shape index (κ3) is 5.50. The molecule has 6 nitrogen and oxygen atoms in total. The largest absolute Gasteiger partial charge is 0.340 e. The summed E-state index contributed by atoms with van der Waals surface area (Å²) in [6.07, 6.45) is 1.19. The first-order chi connectivity index (χ1) is 18.1. The SMILES string of the molecule is C[C@H]1CN(C(=O)CCN2CCc3sccc3[C@@H]2c2cccc(F)c2)CCN1S(=O)(=O)c1cc(Cl)ccc1Cl. The van der Waals surface area contributed by atoms with Crippen LogP contribution >= 0.6 is 34.5 Å². The van der Waals surface area contributed by atoms with Crippen molar-refractivity contribution in [2.45, 2.75) is 36.7 Å². The molecule has 38 heavy (non-hydrogen) atoms. The Balaban J connectivity index is 1.25. The smallest absolute Gasteiger partial charge is 0.244 e. The second-order valence-corrected chi connectivity index (χ2v) is 13.4. The maximum absolute atomic E-state index is 14.1. The van der Waals surface area contributed by atoms with Crippen LogP contribution in [-0.2, 0) is 21.2 Å². The van der Waals surface area contributed by atoms with Gasteiger partial charge >= 0.3 is 0 Å². The lowest BCUT2D eigenvalue weighted by atomic mass is 9.93. The standard InChI is InChI=1S/C27H28Cl2FN3O3S2/c1-18-17-32(12-13-33(18)38(35,36)25-16-20(28)5-6-23(25)29)26(34)8-11-31-10-7-24-22(9-14-37-24)27(31)19-3-2-4-21(30)15-19/h2-6,9,14-16,18,27H,7-8,10-13,17H2,1H3/t18-,27-/m0/s1. The number of carbonyl (C=O) groups excluding carboxylic acids is 1. The summed E-state index contributed by atoms with van der Waals surface area (Å²) in [5.41, 5.74) is 2.05. The van der Waals surface area contributed by atoms with Crippen molar-refractivity contribution in [2.24, 2.45) is 0 Å². The molecule has 202 valence electrons. The zero-order valence-corrected chi connectivity index (χ0v) is 24.0. The van der Waals surface area contributed by atoms with Crippen LogP contribution in [0.1, 0.15) is 35.4 Å². The highest BCUT2D eigenvalue weighted by Gasteiger charge is 2.37. The molecule has 3 aromatic rings. The van der Waals surface area contributed by atoms with Gasteiger partial charge in [0.2, 0.25) is 15.9 Å². The zero-order chi connectivity index (χ0) is 27.0. The Morgan fingerprint density at radius 3 is 2.68 bits per heavy atom. The van der Waals surface area contributed by atoms with Crippen LogP contribution in [0.25, 0.3) is 0 Å². The van der Waals surface area contributed by atoms with Crippen molar-refractivity contribution in [1.29, 1.82) is 0 Å². The van der Waals surface area contributed by atoms with Gasteiger partial charge < -0.3 is 4.90 Å². The lowest BCUT2D eigenvalue weighted by molar-refractivity contribution is -0.133. The van der Waals surface area contributed by atoms with Crippen molar-refractivity contribution in [3.8, 4) is 0 Å². The Hall–Kier alpha value is -2.01. The van der Waals surface area contributed by atoms with Crippen LogP contribution in [0.5, 0.6) is 0 Å². The van der Waals surface area contributed by atoms with Gasteiger partial charge in [0.1, 0.15) is 10.7 Å². The van der Waals surface area contributed by atoms with Crippen LogP contribution in [-0.4, -0.2) is 67.2 Å². The minimum absolute atomic E-state index is 0.0243. The molecule has 0 bridgehead atoms. The summed E-state index contributed by atoms with van der Waals surface area (Å²) in [6.45, 7) is 3.86. The normalized spacial score (nSPS) is 20.9. The molecule has 0 aliphatic carbocycles. The number of thiophene rings is 1. The molecule has 2 aliphatic rings. The summed E-state index contributed by atoms with van der Waals surface area (Å²) < 4.78 is 42.1. The molecule has 1 fully saturated rings. The van der Waals surface area contributed by atoms with Gasteiger partial charge in [-0.25, -0.2) is 12.8 Å². The van der Waals surface area contributed by atoms with E-state index in [1.54, 1.807) is 41.4 Å². The zero-order valence-electron chi connectivity index (χ0n) is 20.8. The predicted molar refractivity (Wildman–Crippen MR) is 149 cm³/mol. The minimum atomic E-state index is -3.87. The number of rotatable bonds is 6. The molecule has 0 N–H and O–H groups in total. The van der Waals surface area contributed by atoms with E-state index in [0.29, 0.717) is 24.5 Å². The van der Waals surface area contributed by atoms with E-state index in [4.69, 9.17) is 23.2 Å². The second-order valence-electron chi connectivity index (χ2n) is 9.67. The molecule has 0 radical (unpaired) electrons. The van der Waals surface area contributed by atoms with Crippen LogP contribution in [0.3, 0.4) is 0 Å². The fourth-order valence-electron chi connectivity index (χ4n) is 5.40. The van der Waals surface area contributed by atoms with Crippen LogP contribution in [0, 0.1) is 5.82 Å². The molecule has 5 rings (SSSR count). The minimum Gasteiger partial charge on any atom is -0.340 e. The van der Waals surface area contributed by atoms with Crippen LogP contribution in [0.4, 0.5) is 4.39 Å². The Morgan fingerprint density at radius 2 is 1.92 bits per heavy atom. The van der Waals surface area contributed by atoms with Gasteiger partial charge in [0.15, 0.2) is 0 Å². The lowest BCUT2D eigenvalue weighted by Crippen LogP contribution is -2.55. The summed E-state index contributed by atoms with van der Waals surface area (Å²) in [7, 11) is -3.87. The van der Waals surface area contributed by atoms with Gasteiger partial charge in [-0.2, -0.15) is 4.31 Å². The van der Waals surface area contributed by atoms with Gasteiger partial charge in [-0.1, -0.05) is 35.3 Å². The van der Waals surface area contributed by atoms with E-state index in [2.05, 4.69) is 16.3 Å². The van der Waals surface area contributed by atoms with Gasteiger partial charge in [0.25, 0.3) is 0 Å². The van der Waals surface area contributed by atoms with Crippen molar-refractivity contribution >= 4 is 50.5 Å². The third-order valence-electron chi connectivity index (χ3n) is 7.24. The number of fused-ring (bicyclic) bond motifs is 1. The number of carbonyl (C=O) groups is 1. The third-order valence-corrected chi connectivity index (χ3v) is 11.0. The van der Waals surface area contributed by atoms with Crippen molar-refractivity contribution in [3.63, 3.8) is 0 Å². The van der Waals surface area contributed by atoms with Crippen molar-refractivity contribution in [2.75, 3.05) is 32.7 Å². The first-order valence-corrected chi connectivity index (χ1v) is 15.5. The predicted octanol–water partition coefficient (Wildman–Crippen LogP) is 5.45. The molecule has 0 saturated carbocycles. The van der Waals surface area contributed by atoms with Crippen molar-refractivity contribution in [3.05, 3.63) is 85.8 Å². The van der Waals surface area contributed by atoms with E-state index in [0.717, 1.165) is 18.5 Å². The molecule has 1 saturated heterocycles. The highest BCUT2D eigenvalue weighted by atomic mass is 35.5. The maximum Gasteiger partial charge on any atom is 0.244 e. The number of sulfonamides is 1. The molecule has 1 aromatic heterocycles. The number of nitrogens with zero attached hydrogens (tertiary/aromatic N) is 3. The summed E-state index contributed by atoms with van der Waals surface area (Å²) in [5, 5.41) is 2.47. The Labute approximate surface area is 236 Å². The number of amides is 1. The molecule has 2 atom stereocenters. The van der Waals surface area contributed by atoms with Gasteiger partial charge in [0.05, 0.1) is 11.1 Å². The van der Waals surface area contributed by atoms with Gasteiger partial charge in [-0.15, -0.1) is 11.3 Å². The molecule has 2 aromatic carbocycles. The maximum atomic E-state index is 14.1. The number of hydrogen-bond donors (Lipinski definition) is 0. The fraction of sp³-hybridized carbons (Fsp3) is 0.370. The lowest BCUT2D eigenvalue weighted by Gasteiger charge is -2.40. The van der Waals surface area contributed by atoms with E-state index in [1.807, 2.05) is 6.07 Å². The first-order valence-electron chi connectivity index (χ1n) is 12.5. The van der Waals surface area contributed by atoms with E-state index in [-0.39, 0.29) is 40.8 Å². The van der Waals surface area contributed by atoms with Crippen molar-refractivity contribution < 1.29 is 17.6 Å². The summed E-state index contributed by atoms with van der Waals surface area (Å²) in [4.78, 5) is 18.5. The van der Waals surface area contributed by atoms with E-state index >= 15 is 0 Å². The molecule has 0 spiro atoms. The van der Waals surface area contributed by atoms with Crippen LogP contribution in [0.15, 0.2) is 58.8 Å². The Kier molecular flexibility index (Phi) is 8.14. The molecule has 1 amide bonds. The van der Waals surface area contributed by atoms with Crippen LogP contribution < -0.4 is 0 Å².